The molecule has 1 heterocycles. The van der Waals surface area contributed by atoms with Crippen molar-refractivity contribution in [1.82, 2.24) is 4.37 Å². The molecule has 0 bridgehead atoms. The smallest absolute Gasteiger partial charge is 0.410 e. The number of aromatic nitrogens is 1. The summed E-state index contributed by atoms with van der Waals surface area (Å²) in [5.74, 6) is 1.25. The van der Waals surface area contributed by atoms with Gasteiger partial charge in [0.1, 0.15) is 27.4 Å². The van der Waals surface area contributed by atoms with Gasteiger partial charge in [0.2, 0.25) is 0 Å². The van der Waals surface area contributed by atoms with Gasteiger partial charge < -0.3 is 4.74 Å². The monoisotopic (exact) mass is 305 g/mol. The van der Waals surface area contributed by atoms with E-state index in [0.29, 0.717) is 21.3 Å². The van der Waals surface area contributed by atoms with Crippen LogP contribution in [0.5, 0.6) is 5.75 Å². The summed E-state index contributed by atoms with van der Waals surface area (Å²) in [5.41, 5.74) is 0.381. The van der Waals surface area contributed by atoms with Crippen LogP contribution in [0.15, 0.2) is 35.4 Å². The van der Waals surface area contributed by atoms with Gasteiger partial charge in [-0.3, -0.25) is 5.32 Å². The van der Waals surface area contributed by atoms with Crippen molar-refractivity contribution in [2.75, 3.05) is 11.1 Å². The van der Waals surface area contributed by atoms with Gasteiger partial charge in [-0.2, -0.15) is 9.64 Å². The van der Waals surface area contributed by atoms with Gasteiger partial charge in [-0.1, -0.05) is 25.1 Å². The molecule has 1 aromatic heterocycles. The first-order valence-corrected chi connectivity index (χ1v) is 7.57. The summed E-state index contributed by atoms with van der Waals surface area (Å²) in [7, 11) is 0. The fourth-order valence-electron chi connectivity index (χ4n) is 1.41. The minimum absolute atomic E-state index is 0.381. The summed E-state index contributed by atoms with van der Waals surface area (Å²) in [5, 5.41) is 12.7. The van der Waals surface area contributed by atoms with Crippen LogP contribution < -0.4 is 10.1 Å². The Labute approximate surface area is 124 Å². The molecule has 2 rings (SSSR count). The average molecular weight is 305 g/mol. The van der Waals surface area contributed by atoms with Gasteiger partial charge in [0.25, 0.3) is 0 Å². The van der Waals surface area contributed by atoms with Crippen molar-refractivity contribution >= 4 is 34.4 Å². The Bertz CT molecular complexity index is 635. The van der Waals surface area contributed by atoms with Crippen LogP contribution in [0.1, 0.15) is 12.5 Å². The summed E-state index contributed by atoms with van der Waals surface area (Å²) >= 11 is 2.54. The SMILES string of the molecule is CCSc1nsc(NC(=O)Oc2ccccc2)c1C#N. The maximum absolute atomic E-state index is 11.7. The number of nitrogens with zero attached hydrogens (tertiary/aromatic N) is 2. The number of nitriles is 1. The van der Waals surface area contributed by atoms with Crippen LogP contribution in [0.3, 0.4) is 0 Å². The summed E-state index contributed by atoms with van der Waals surface area (Å²) in [6.07, 6.45) is -0.635. The fraction of sp³-hybridized carbons (Fsp3) is 0.154. The molecule has 0 radical (unpaired) electrons. The van der Waals surface area contributed by atoms with E-state index in [9.17, 15) is 4.79 Å². The van der Waals surface area contributed by atoms with Crippen LogP contribution >= 0.6 is 23.3 Å². The molecule has 7 heteroatoms. The molecule has 0 atom stereocenters. The van der Waals surface area contributed by atoms with Crippen molar-refractivity contribution in [3.8, 4) is 11.8 Å². The standard InChI is InChI=1S/C13H11N3O2S2/c1-2-19-12-10(8-14)11(20-16-12)15-13(17)18-9-6-4-3-5-7-9/h3-7H,2H2,1H3,(H,15,17). The third kappa shape index (κ3) is 3.50. The molecule has 1 aromatic carbocycles. The largest absolute Gasteiger partial charge is 0.417 e. The number of anilines is 1. The van der Waals surface area contributed by atoms with E-state index in [4.69, 9.17) is 10.00 Å². The van der Waals surface area contributed by atoms with Crippen LogP contribution in [0, 0.1) is 11.3 Å². The Hall–Kier alpha value is -2.04. The summed E-state index contributed by atoms with van der Waals surface area (Å²) < 4.78 is 9.25. The zero-order valence-corrected chi connectivity index (χ0v) is 12.3. The summed E-state index contributed by atoms with van der Waals surface area (Å²) in [4.78, 5) is 11.7. The molecule has 20 heavy (non-hydrogen) atoms. The Balaban J connectivity index is 2.07. The Morgan fingerprint density at radius 1 is 1.50 bits per heavy atom. The zero-order valence-electron chi connectivity index (χ0n) is 10.6. The Morgan fingerprint density at radius 3 is 2.90 bits per heavy atom. The number of carbonyl (C=O) groups excluding carboxylic acids is 1. The number of hydrogen-bond acceptors (Lipinski definition) is 6. The molecule has 1 amide bonds. The molecule has 2 aromatic rings. The third-order valence-corrected chi connectivity index (χ3v) is 3.96. The highest BCUT2D eigenvalue weighted by Gasteiger charge is 2.16. The quantitative estimate of drug-likeness (QED) is 0.871. The lowest BCUT2D eigenvalue weighted by Gasteiger charge is -2.04. The molecular formula is C13H11N3O2S2. The van der Waals surface area contributed by atoms with Crippen molar-refractivity contribution in [2.45, 2.75) is 11.9 Å². The second-order valence-electron chi connectivity index (χ2n) is 3.56. The van der Waals surface area contributed by atoms with Gasteiger partial charge in [-0.25, -0.2) is 4.79 Å². The lowest BCUT2D eigenvalue weighted by molar-refractivity contribution is 0.215. The van der Waals surface area contributed by atoms with Gasteiger partial charge in [-0.05, 0) is 29.4 Å². The van der Waals surface area contributed by atoms with Crippen molar-refractivity contribution in [3.05, 3.63) is 35.9 Å². The van der Waals surface area contributed by atoms with Gasteiger partial charge >= 0.3 is 6.09 Å². The molecule has 0 aliphatic rings. The van der Waals surface area contributed by atoms with E-state index in [1.807, 2.05) is 13.0 Å². The molecule has 0 unspecified atom stereocenters. The van der Waals surface area contributed by atoms with Gasteiger partial charge in [0, 0.05) is 0 Å². The number of benzene rings is 1. The molecule has 102 valence electrons. The van der Waals surface area contributed by atoms with Crippen LogP contribution in [0.25, 0.3) is 0 Å². The van der Waals surface area contributed by atoms with Gasteiger partial charge in [0.15, 0.2) is 0 Å². The molecule has 0 aliphatic carbocycles. The molecule has 1 N–H and O–H groups in total. The van der Waals surface area contributed by atoms with E-state index in [2.05, 4.69) is 15.8 Å². The minimum atomic E-state index is -0.635. The van der Waals surface area contributed by atoms with Gasteiger partial charge in [0.05, 0.1) is 0 Å². The lowest BCUT2D eigenvalue weighted by atomic mass is 10.3. The molecule has 0 fully saturated rings. The summed E-state index contributed by atoms with van der Waals surface area (Å²) in [6.45, 7) is 1.97. The van der Waals surface area contributed by atoms with Crippen LogP contribution in [0.4, 0.5) is 9.80 Å². The second-order valence-corrected chi connectivity index (χ2v) is 5.59. The van der Waals surface area contributed by atoms with Crippen LogP contribution in [-0.4, -0.2) is 16.2 Å². The number of carbonyl (C=O) groups is 1. The van der Waals surface area contributed by atoms with Gasteiger partial charge in [-0.15, -0.1) is 11.8 Å². The molecule has 0 saturated carbocycles. The number of nitrogens with one attached hydrogen (secondary N) is 1. The lowest BCUT2D eigenvalue weighted by Crippen LogP contribution is -2.16. The van der Waals surface area contributed by atoms with E-state index < -0.39 is 6.09 Å². The molecule has 0 saturated heterocycles. The third-order valence-electron chi connectivity index (χ3n) is 2.22. The van der Waals surface area contributed by atoms with E-state index in [0.717, 1.165) is 17.3 Å². The first kappa shape index (κ1) is 14.4. The average Bonchev–Trinajstić information content (AvgIpc) is 2.82. The van der Waals surface area contributed by atoms with E-state index in [1.54, 1.807) is 24.3 Å². The zero-order chi connectivity index (χ0) is 14.4. The number of thioether (sulfide) groups is 1. The number of para-hydroxylation sites is 1. The highest BCUT2D eigenvalue weighted by atomic mass is 32.2. The van der Waals surface area contributed by atoms with Crippen molar-refractivity contribution in [2.24, 2.45) is 0 Å². The topological polar surface area (TPSA) is 75.0 Å². The van der Waals surface area contributed by atoms with Crippen LogP contribution in [0.2, 0.25) is 0 Å². The highest BCUT2D eigenvalue weighted by molar-refractivity contribution is 7.99. The predicted molar refractivity (Wildman–Crippen MR) is 79.3 cm³/mol. The first-order valence-electron chi connectivity index (χ1n) is 5.81. The summed E-state index contributed by atoms with van der Waals surface area (Å²) in [6, 6.07) is 10.8. The highest BCUT2D eigenvalue weighted by Crippen LogP contribution is 2.31. The second kappa shape index (κ2) is 6.93. The Kier molecular flexibility index (Phi) is 4.98. The van der Waals surface area contributed by atoms with E-state index in [1.165, 1.54) is 11.8 Å². The molecular weight excluding hydrogens is 294 g/mol. The van der Waals surface area contributed by atoms with Crippen molar-refractivity contribution in [3.63, 3.8) is 0 Å². The first-order chi connectivity index (χ1) is 9.74. The van der Waals surface area contributed by atoms with E-state index >= 15 is 0 Å². The number of hydrogen-bond donors (Lipinski definition) is 1. The molecule has 0 aliphatic heterocycles. The molecule has 5 nitrogen and oxygen atoms in total. The minimum Gasteiger partial charge on any atom is -0.410 e. The number of rotatable bonds is 4. The fourth-order valence-corrected chi connectivity index (χ4v) is 2.99. The Morgan fingerprint density at radius 2 is 2.25 bits per heavy atom. The van der Waals surface area contributed by atoms with Crippen molar-refractivity contribution < 1.29 is 9.53 Å². The number of amides is 1. The normalized spacial score (nSPS) is 9.80. The van der Waals surface area contributed by atoms with Crippen molar-refractivity contribution in [1.29, 1.82) is 5.26 Å². The molecule has 0 spiro atoms. The predicted octanol–water partition coefficient (Wildman–Crippen LogP) is 3.74. The van der Waals surface area contributed by atoms with E-state index in [-0.39, 0.29) is 0 Å². The maximum atomic E-state index is 11.7. The maximum Gasteiger partial charge on any atom is 0.417 e. The van der Waals surface area contributed by atoms with Crippen LogP contribution in [-0.2, 0) is 0 Å². The number of ether oxygens (including phenoxy) is 1.